The first kappa shape index (κ1) is 19.7. The molecule has 27 heavy (non-hydrogen) atoms. The van der Waals surface area contributed by atoms with E-state index in [0.717, 1.165) is 31.5 Å². The van der Waals surface area contributed by atoms with Gasteiger partial charge >= 0.3 is 0 Å². The lowest BCUT2D eigenvalue weighted by molar-refractivity contribution is -0.132. The quantitative estimate of drug-likeness (QED) is 0.535. The first-order chi connectivity index (χ1) is 13.0. The Morgan fingerprint density at radius 3 is 2.63 bits per heavy atom. The van der Waals surface area contributed by atoms with Crippen molar-refractivity contribution < 1.29 is 19.1 Å². The highest BCUT2D eigenvalue weighted by molar-refractivity contribution is 8.26. The molecule has 144 valence electrons. The lowest BCUT2D eigenvalue weighted by atomic mass is 10.2. The summed E-state index contributed by atoms with van der Waals surface area (Å²) in [5.74, 6) is 0.946. The minimum Gasteiger partial charge on any atom is -0.490 e. The fraction of sp³-hybridized carbons (Fsp3) is 0.421. The number of thioether (sulfide) groups is 1. The molecule has 6 nitrogen and oxygen atoms in total. The molecule has 8 heteroatoms. The normalized spacial score (nSPS) is 18.5. The van der Waals surface area contributed by atoms with Crippen LogP contribution in [0.15, 0.2) is 23.1 Å². The van der Waals surface area contributed by atoms with Gasteiger partial charge in [0.15, 0.2) is 18.1 Å². The number of carbonyl (C=O) groups is 2. The molecule has 0 radical (unpaired) electrons. The topological polar surface area (TPSA) is 59.1 Å². The third-order valence-electron chi connectivity index (χ3n) is 4.36. The van der Waals surface area contributed by atoms with Gasteiger partial charge in [0.1, 0.15) is 4.32 Å². The molecule has 0 bridgehead atoms. The Balaban J connectivity index is 1.73. The first-order valence-electron chi connectivity index (χ1n) is 8.88. The first-order valence-corrected chi connectivity index (χ1v) is 10.1. The molecule has 0 unspecified atom stereocenters. The van der Waals surface area contributed by atoms with Crippen molar-refractivity contribution in [3.05, 3.63) is 28.7 Å². The third-order valence-corrected chi connectivity index (χ3v) is 5.85. The molecule has 2 saturated heterocycles. The van der Waals surface area contributed by atoms with Gasteiger partial charge in [-0.25, -0.2) is 0 Å². The lowest BCUT2D eigenvalue weighted by Gasteiger charge is -2.17. The summed E-state index contributed by atoms with van der Waals surface area (Å²) in [5.41, 5.74) is 0.811. The number of likely N-dealkylation sites (N-methyl/N-ethyl adjacent to an activating group) is 1. The number of hydrogen-bond acceptors (Lipinski definition) is 6. The van der Waals surface area contributed by atoms with Crippen LogP contribution in [0.4, 0.5) is 0 Å². The third kappa shape index (κ3) is 4.62. The molecule has 1 aromatic carbocycles. The van der Waals surface area contributed by atoms with Gasteiger partial charge < -0.3 is 14.4 Å². The molecular formula is C19H22N2O4S2. The summed E-state index contributed by atoms with van der Waals surface area (Å²) in [7, 11) is 1.67. The van der Waals surface area contributed by atoms with E-state index >= 15 is 0 Å². The second-order valence-electron chi connectivity index (χ2n) is 6.26. The van der Waals surface area contributed by atoms with Crippen LogP contribution in [0.5, 0.6) is 11.5 Å². The minimum atomic E-state index is -0.112. The van der Waals surface area contributed by atoms with Crippen molar-refractivity contribution in [3.8, 4) is 11.5 Å². The van der Waals surface area contributed by atoms with Crippen LogP contribution in [-0.2, 0) is 9.59 Å². The molecule has 0 atom stereocenters. The molecular weight excluding hydrogens is 384 g/mol. The summed E-state index contributed by atoms with van der Waals surface area (Å²) in [6.45, 7) is 3.95. The molecule has 0 N–H and O–H groups in total. The highest BCUT2D eigenvalue weighted by Crippen LogP contribution is 2.34. The number of benzene rings is 1. The van der Waals surface area contributed by atoms with E-state index in [1.54, 1.807) is 25.3 Å². The van der Waals surface area contributed by atoms with E-state index in [9.17, 15) is 9.59 Å². The molecule has 3 rings (SSSR count). The molecule has 2 aliphatic rings. The highest BCUT2D eigenvalue weighted by atomic mass is 32.2. The van der Waals surface area contributed by atoms with E-state index in [0.29, 0.717) is 27.3 Å². The summed E-state index contributed by atoms with van der Waals surface area (Å²) < 4.78 is 11.9. The fourth-order valence-corrected chi connectivity index (χ4v) is 4.08. The van der Waals surface area contributed by atoms with E-state index in [2.05, 4.69) is 0 Å². The number of carbonyl (C=O) groups excluding carboxylic acids is 2. The standard InChI is InChI=1S/C19H22N2O4S2/c1-3-24-15-10-13(11-16-18(23)20(2)19(26)27-16)6-7-14(15)25-12-17(22)21-8-4-5-9-21/h6-7,10-11H,3-5,8-9,12H2,1-2H3/b16-11+. The SMILES string of the molecule is CCOc1cc(/C=C2/SC(=S)N(C)C2=O)ccc1OCC(=O)N1CCCC1. The number of hydrogen-bond donors (Lipinski definition) is 0. The van der Waals surface area contributed by atoms with Crippen molar-refractivity contribution in [2.75, 3.05) is 33.4 Å². The van der Waals surface area contributed by atoms with Crippen LogP contribution in [0.2, 0.25) is 0 Å². The van der Waals surface area contributed by atoms with E-state index in [1.165, 1.54) is 16.7 Å². The number of ether oxygens (including phenoxy) is 2. The Morgan fingerprint density at radius 1 is 1.26 bits per heavy atom. The van der Waals surface area contributed by atoms with Crippen molar-refractivity contribution in [1.29, 1.82) is 0 Å². The second kappa shape index (κ2) is 8.75. The molecule has 0 aromatic heterocycles. The van der Waals surface area contributed by atoms with Crippen LogP contribution < -0.4 is 9.47 Å². The maximum Gasteiger partial charge on any atom is 0.265 e. The van der Waals surface area contributed by atoms with Crippen molar-refractivity contribution in [2.24, 2.45) is 0 Å². The Bertz CT molecular complexity index is 788. The maximum absolute atomic E-state index is 12.2. The summed E-state index contributed by atoms with van der Waals surface area (Å²) in [6, 6.07) is 5.41. The van der Waals surface area contributed by atoms with Gasteiger partial charge in [0.2, 0.25) is 0 Å². The smallest absolute Gasteiger partial charge is 0.265 e. The van der Waals surface area contributed by atoms with Gasteiger partial charge in [-0.15, -0.1) is 0 Å². The van der Waals surface area contributed by atoms with Crippen molar-refractivity contribution >= 4 is 46.2 Å². The monoisotopic (exact) mass is 406 g/mol. The van der Waals surface area contributed by atoms with E-state index < -0.39 is 0 Å². The largest absolute Gasteiger partial charge is 0.490 e. The maximum atomic E-state index is 12.2. The van der Waals surface area contributed by atoms with Gasteiger partial charge in [0.05, 0.1) is 11.5 Å². The van der Waals surface area contributed by atoms with Crippen LogP contribution in [0.25, 0.3) is 6.08 Å². The molecule has 0 saturated carbocycles. The Morgan fingerprint density at radius 2 is 2.00 bits per heavy atom. The average Bonchev–Trinajstić information content (AvgIpc) is 3.27. The number of amides is 2. The van der Waals surface area contributed by atoms with Gasteiger partial charge in [-0.1, -0.05) is 30.0 Å². The lowest BCUT2D eigenvalue weighted by Crippen LogP contribution is -2.32. The number of rotatable bonds is 6. The Labute approximate surface area is 168 Å². The number of likely N-dealkylation sites (tertiary alicyclic amines) is 1. The zero-order valence-electron chi connectivity index (χ0n) is 15.4. The summed E-state index contributed by atoms with van der Waals surface area (Å²) in [5, 5.41) is 0. The molecule has 1 aromatic rings. The van der Waals surface area contributed by atoms with Crippen LogP contribution in [0, 0.1) is 0 Å². The van der Waals surface area contributed by atoms with Gasteiger partial charge in [-0.2, -0.15) is 0 Å². The predicted molar refractivity (Wildman–Crippen MR) is 110 cm³/mol. The Hall–Kier alpha value is -2.06. The summed E-state index contributed by atoms with van der Waals surface area (Å²) in [6.07, 6.45) is 3.88. The van der Waals surface area contributed by atoms with Gasteiger partial charge in [0, 0.05) is 20.1 Å². The van der Waals surface area contributed by atoms with Crippen LogP contribution in [-0.4, -0.2) is 59.3 Å². The van der Waals surface area contributed by atoms with Crippen LogP contribution in [0.1, 0.15) is 25.3 Å². The van der Waals surface area contributed by atoms with Crippen molar-refractivity contribution in [1.82, 2.24) is 9.80 Å². The molecule has 2 fully saturated rings. The second-order valence-corrected chi connectivity index (χ2v) is 7.93. The van der Waals surface area contributed by atoms with Crippen LogP contribution >= 0.6 is 24.0 Å². The summed E-state index contributed by atoms with van der Waals surface area (Å²) in [4.78, 5) is 28.2. The minimum absolute atomic E-state index is 0.00604. The molecule has 0 spiro atoms. The van der Waals surface area contributed by atoms with Gasteiger partial charge in [0.25, 0.3) is 11.8 Å². The average molecular weight is 407 g/mol. The predicted octanol–water partition coefficient (Wildman–Crippen LogP) is 2.92. The molecule has 2 aliphatic heterocycles. The van der Waals surface area contributed by atoms with E-state index in [4.69, 9.17) is 21.7 Å². The van der Waals surface area contributed by atoms with Gasteiger partial charge in [-0.3, -0.25) is 14.5 Å². The highest BCUT2D eigenvalue weighted by Gasteiger charge is 2.28. The van der Waals surface area contributed by atoms with E-state index in [1.807, 2.05) is 17.9 Å². The molecule has 2 amide bonds. The molecule has 2 heterocycles. The van der Waals surface area contributed by atoms with Crippen LogP contribution in [0.3, 0.4) is 0 Å². The van der Waals surface area contributed by atoms with Crippen molar-refractivity contribution in [2.45, 2.75) is 19.8 Å². The zero-order valence-corrected chi connectivity index (χ0v) is 17.0. The Kier molecular flexibility index (Phi) is 6.38. The number of nitrogens with zero attached hydrogens (tertiary/aromatic N) is 2. The fourth-order valence-electron chi connectivity index (χ4n) is 2.90. The number of thiocarbonyl (C=S) groups is 1. The van der Waals surface area contributed by atoms with Crippen molar-refractivity contribution in [3.63, 3.8) is 0 Å². The van der Waals surface area contributed by atoms with E-state index in [-0.39, 0.29) is 18.4 Å². The molecule has 0 aliphatic carbocycles. The van der Waals surface area contributed by atoms with Gasteiger partial charge in [-0.05, 0) is 43.5 Å². The zero-order chi connectivity index (χ0) is 19.4. The summed E-state index contributed by atoms with van der Waals surface area (Å²) >= 11 is 6.43.